The summed E-state index contributed by atoms with van der Waals surface area (Å²) in [5.41, 5.74) is 0.889. The average Bonchev–Trinajstić information content (AvgIpc) is 2.85. The molecule has 7 nitrogen and oxygen atoms in total. The normalized spacial score (nSPS) is 10.9. The van der Waals surface area contributed by atoms with Crippen LogP contribution in [-0.4, -0.2) is 31.3 Å². The fourth-order valence-electron chi connectivity index (χ4n) is 1.20. The minimum atomic E-state index is 0.490. The molecule has 0 aliphatic rings. The molecule has 0 aliphatic heterocycles. The van der Waals surface area contributed by atoms with E-state index in [-0.39, 0.29) is 0 Å². The molecule has 17 heavy (non-hydrogen) atoms. The number of aromatic nitrogens is 1. The Kier molecular flexibility index (Phi) is 6.21. The van der Waals surface area contributed by atoms with E-state index in [1.54, 1.807) is 13.3 Å². The Balaban J connectivity index is 1.99. The Morgan fingerprint density at radius 2 is 2.47 bits per heavy atom. The number of guanidine groups is 1. The van der Waals surface area contributed by atoms with E-state index >= 15 is 0 Å². The minimum Gasteiger partial charge on any atom is -0.364 e. The van der Waals surface area contributed by atoms with Gasteiger partial charge in [0.25, 0.3) is 0 Å². The van der Waals surface area contributed by atoms with Gasteiger partial charge in [-0.05, 0) is 13.0 Å². The lowest BCUT2D eigenvalue weighted by molar-refractivity contribution is 0.408. The van der Waals surface area contributed by atoms with Gasteiger partial charge in [0.1, 0.15) is 6.26 Å². The Morgan fingerprint density at radius 3 is 3.12 bits per heavy atom. The van der Waals surface area contributed by atoms with E-state index in [0.717, 1.165) is 25.2 Å². The summed E-state index contributed by atoms with van der Waals surface area (Å²) in [6.45, 7) is 2.29. The Bertz CT molecular complexity index is 367. The van der Waals surface area contributed by atoms with Gasteiger partial charge in [0.15, 0.2) is 6.19 Å². The lowest BCUT2D eigenvalue weighted by Gasteiger charge is -2.06. The van der Waals surface area contributed by atoms with E-state index in [4.69, 9.17) is 9.78 Å². The summed E-state index contributed by atoms with van der Waals surface area (Å²) in [6, 6.07) is 1.82. The maximum absolute atomic E-state index is 8.40. The van der Waals surface area contributed by atoms with Gasteiger partial charge in [0.2, 0.25) is 5.96 Å². The number of aliphatic imine (C=N–C) groups is 1. The van der Waals surface area contributed by atoms with Crippen molar-refractivity contribution >= 4 is 5.96 Å². The van der Waals surface area contributed by atoms with Crippen molar-refractivity contribution in [1.29, 1.82) is 5.26 Å². The van der Waals surface area contributed by atoms with Crippen LogP contribution in [0.5, 0.6) is 0 Å². The van der Waals surface area contributed by atoms with Crippen molar-refractivity contribution in [3.8, 4) is 6.19 Å². The number of rotatable bonds is 6. The molecule has 0 aliphatic carbocycles. The van der Waals surface area contributed by atoms with E-state index in [2.05, 4.69) is 26.1 Å². The van der Waals surface area contributed by atoms with Crippen LogP contribution in [0.4, 0.5) is 0 Å². The van der Waals surface area contributed by atoms with Crippen molar-refractivity contribution in [3.05, 3.63) is 18.0 Å². The van der Waals surface area contributed by atoms with Gasteiger partial charge in [-0.25, -0.2) is 0 Å². The Hall–Kier alpha value is -2.07. The van der Waals surface area contributed by atoms with Crippen LogP contribution in [0.15, 0.2) is 21.8 Å². The fourth-order valence-corrected chi connectivity index (χ4v) is 1.20. The molecule has 1 rings (SSSR count). The molecule has 0 fully saturated rings. The molecule has 0 unspecified atom stereocenters. The number of nitriles is 1. The largest absolute Gasteiger partial charge is 0.364 e. The van der Waals surface area contributed by atoms with E-state index < -0.39 is 0 Å². The van der Waals surface area contributed by atoms with Crippen molar-refractivity contribution in [2.75, 3.05) is 20.1 Å². The molecule has 0 bridgehead atoms. The van der Waals surface area contributed by atoms with Crippen LogP contribution in [-0.2, 0) is 6.54 Å². The highest BCUT2D eigenvalue weighted by molar-refractivity contribution is 5.80. The quantitative estimate of drug-likeness (QED) is 0.208. The summed E-state index contributed by atoms with van der Waals surface area (Å²) >= 11 is 0. The van der Waals surface area contributed by atoms with E-state index in [1.807, 2.05) is 12.3 Å². The molecule has 1 aromatic heterocycles. The average molecular weight is 236 g/mol. The van der Waals surface area contributed by atoms with Crippen LogP contribution < -0.4 is 16.0 Å². The highest BCUT2D eigenvalue weighted by atomic mass is 16.5. The van der Waals surface area contributed by atoms with Crippen LogP contribution in [0, 0.1) is 11.5 Å². The molecule has 7 heteroatoms. The van der Waals surface area contributed by atoms with E-state index in [1.165, 1.54) is 0 Å². The molecule has 0 saturated heterocycles. The smallest absolute Gasteiger partial charge is 0.204 e. The zero-order valence-corrected chi connectivity index (χ0v) is 9.73. The van der Waals surface area contributed by atoms with Crippen molar-refractivity contribution in [3.63, 3.8) is 0 Å². The number of hydrogen-bond acceptors (Lipinski definition) is 5. The third-order valence-electron chi connectivity index (χ3n) is 2.02. The summed E-state index contributed by atoms with van der Waals surface area (Å²) in [5.74, 6) is 0.490. The van der Waals surface area contributed by atoms with Crippen LogP contribution in [0.1, 0.15) is 12.1 Å². The fraction of sp³-hybridized carbons (Fsp3) is 0.500. The van der Waals surface area contributed by atoms with Crippen LogP contribution in [0.2, 0.25) is 0 Å². The third kappa shape index (κ3) is 5.53. The number of nitrogens with one attached hydrogen (secondary N) is 3. The molecule has 0 saturated carbocycles. The summed E-state index contributed by atoms with van der Waals surface area (Å²) in [6.07, 6.45) is 4.28. The second-order valence-corrected chi connectivity index (χ2v) is 3.26. The minimum absolute atomic E-state index is 0.490. The van der Waals surface area contributed by atoms with Crippen LogP contribution in [0.3, 0.4) is 0 Å². The first-order valence-corrected chi connectivity index (χ1v) is 5.32. The first-order chi connectivity index (χ1) is 8.36. The number of nitrogens with zero attached hydrogens (tertiary/aromatic N) is 3. The topological polar surface area (TPSA) is 98.3 Å². The lowest BCUT2D eigenvalue weighted by atomic mass is 10.4. The molecule has 1 heterocycles. The molecule has 0 atom stereocenters. The molecule has 3 N–H and O–H groups in total. The van der Waals surface area contributed by atoms with Gasteiger partial charge in [-0.1, -0.05) is 5.16 Å². The molecular formula is C10H16N6O. The van der Waals surface area contributed by atoms with Gasteiger partial charge in [-0.15, -0.1) is 0 Å². The maximum atomic E-state index is 8.40. The van der Waals surface area contributed by atoms with Crippen LogP contribution in [0.25, 0.3) is 0 Å². The number of hydrogen-bond donors (Lipinski definition) is 3. The van der Waals surface area contributed by atoms with Crippen molar-refractivity contribution in [1.82, 2.24) is 21.1 Å². The molecule has 0 amide bonds. The first-order valence-electron chi connectivity index (χ1n) is 5.32. The molecular weight excluding hydrogens is 220 g/mol. The summed E-state index contributed by atoms with van der Waals surface area (Å²) in [5, 5.41) is 20.9. The molecule has 0 aromatic carbocycles. The standard InChI is InChI=1S/C10H16N6O/c1-12-10(15-8-11)14-5-2-4-13-7-9-3-6-17-16-9/h3,6,13H,2,4-5,7H2,1H3,(H2,12,14,15). The molecule has 0 spiro atoms. The summed E-state index contributed by atoms with van der Waals surface area (Å²) in [4.78, 5) is 3.87. The van der Waals surface area contributed by atoms with E-state index in [9.17, 15) is 0 Å². The highest BCUT2D eigenvalue weighted by Crippen LogP contribution is 1.92. The molecule has 1 aromatic rings. The molecule has 92 valence electrons. The lowest BCUT2D eigenvalue weighted by Crippen LogP contribution is -2.35. The van der Waals surface area contributed by atoms with Crippen LogP contribution >= 0.6 is 0 Å². The highest BCUT2D eigenvalue weighted by Gasteiger charge is 1.96. The van der Waals surface area contributed by atoms with Gasteiger partial charge in [0, 0.05) is 26.2 Å². The Labute approximate surface area is 99.9 Å². The summed E-state index contributed by atoms with van der Waals surface area (Å²) < 4.78 is 4.71. The van der Waals surface area contributed by atoms with Gasteiger partial charge < -0.3 is 15.2 Å². The zero-order chi connectivity index (χ0) is 12.3. The first kappa shape index (κ1) is 13.0. The van der Waals surface area contributed by atoms with Gasteiger partial charge in [-0.3, -0.25) is 10.3 Å². The van der Waals surface area contributed by atoms with Crippen molar-refractivity contribution in [2.45, 2.75) is 13.0 Å². The predicted molar refractivity (Wildman–Crippen MR) is 62.9 cm³/mol. The third-order valence-corrected chi connectivity index (χ3v) is 2.02. The SMILES string of the molecule is CN=C(NC#N)NCCCNCc1ccon1. The zero-order valence-electron chi connectivity index (χ0n) is 9.73. The van der Waals surface area contributed by atoms with E-state index in [0.29, 0.717) is 12.5 Å². The van der Waals surface area contributed by atoms with Crippen molar-refractivity contribution < 1.29 is 4.52 Å². The van der Waals surface area contributed by atoms with Crippen molar-refractivity contribution in [2.24, 2.45) is 4.99 Å². The van der Waals surface area contributed by atoms with Gasteiger partial charge in [-0.2, -0.15) is 5.26 Å². The molecule has 0 radical (unpaired) electrons. The maximum Gasteiger partial charge on any atom is 0.204 e. The monoisotopic (exact) mass is 236 g/mol. The Morgan fingerprint density at radius 1 is 1.59 bits per heavy atom. The van der Waals surface area contributed by atoms with Gasteiger partial charge >= 0.3 is 0 Å². The second-order valence-electron chi connectivity index (χ2n) is 3.26. The summed E-state index contributed by atoms with van der Waals surface area (Å²) in [7, 11) is 1.62. The predicted octanol–water partition coefficient (Wildman–Crippen LogP) is -0.200. The van der Waals surface area contributed by atoms with Gasteiger partial charge in [0.05, 0.1) is 5.69 Å². The second kappa shape index (κ2) is 8.13.